The largest absolute Gasteiger partial charge is 0.496 e. The summed E-state index contributed by atoms with van der Waals surface area (Å²) in [6.07, 6.45) is 0. The quantitative estimate of drug-likeness (QED) is 0.875. The summed E-state index contributed by atoms with van der Waals surface area (Å²) in [5.41, 5.74) is 1.07. The van der Waals surface area contributed by atoms with Gasteiger partial charge < -0.3 is 10.1 Å². The molecule has 1 fully saturated rings. The molecular formula is C13H19ClN2O. The van der Waals surface area contributed by atoms with Gasteiger partial charge >= 0.3 is 0 Å². The highest BCUT2D eigenvalue weighted by molar-refractivity contribution is 6.30. The number of hydrogen-bond acceptors (Lipinski definition) is 3. The molecule has 0 radical (unpaired) electrons. The number of rotatable bonds is 2. The fourth-order valence-corrected chi connectivity index (χ4v) is 2.53. The van der Waals surface area contributed by atoms with Crippen LogP contribution in [0.1, 0.15) is 12.5 Å². The third-order valence-corrected chi connectivity index (χ3v) is 3.91. The Balaban J connectivity index is 2.46. The smallest absolute Gasteiger partial charge is 0.124 e. The first-order valence-corrected chi connectivity index (χ1v) is 6.22. The van der Waals surface area contributed by atoms with E-state index in [0.29, 0.717) is 0 Å². The summed E-state index contributed by atoms with van der Waals surface area (Å²) >= 11 is 6.11. The molecule has 1 aromatic rings. The SMILES string of the molecule is COc1ccc(Cl)cc1C1(C)CNCCN1C. The van der Waals surface area contributed by atoms with Crippen molar-refractivity contribution in [2.24, 2.45) is 0 Å². The molecule has 1 aliphatic rings. The normalized spacial score (nSPS) is 25.9. The van der Waals surface area contributed by atoms with E-state index in [-0.39, 0.29) is 5.54 Å². The number of piperazine rings is 1. The molecule has 17 heavy (non-hydrogen) atoms. The maximum absolute atomic E-state index is 6.11. The van der Waals surface area contributed by atoms with E-state index in [2.05, 4.69) is 24.2 Å². The van der Waals surface area contributed by atoms with Gasteiger partial charge in [-0.2, -0.15) is 0 Å². The molecular weight excluding hydrogens is 236 g/mol. The van der Waals surface area contributed by atoms with Gasteiger partial charge in [0.1, 0.15) is 5.75 Å². The van der Waals surface area contributed by atoms with Crippen LogP contribution >= 0.6 is 11.6 Å². The van der Waals surface area contributed by atoms with Crippen LogP contribution in [0.5, 0.6) is 5.75 Å². The minimum absolute atomic E-state index is 0.0749. The van der Waals surface area contributed by atoms with Crippen molar-refractivity contribution < 1.29 is 4.74 Å². The molecule has 2 rings (SSSR count). The fraction of sp³-hybridized carbons (Fsp3) is 0.538. The first kappa shape index (κ1) is 12.7. The summed E-state index contributed by atoms with van der Waals surface area (Å²) in [5, 5.41) is 4.19. The van der Waals surface area contributed by atoms with Gasteiger partial charge in [0.05, 0.1) is 12.6 Å². The second kappa shape index (κ2) is 4.84. The van der Waals surface area contributed by atoms with Crippen LogP contribution in [0.3, 0.4) is 0 Å². The second-order valence-electron chi connectivity index (χ2n) is 4.72. The van der Waals surface area contributed by atoms with Gasteiger partial charge in [-0.1, -0.05) is 11.6 Å². The molecule has 1 atom stereocenters. The summed E-state index contributed by atoms with van der Waals surface area (Å²) in [6.45, 7) is 5.16. The minimum atomic E-state index is -0.0749. The van der Waals surface area contributed by atoms with Crippen molar-refractivity contribution in [2.75, 3.05) is 33.8 Å². The topological polar surface area (TPSA) is 24.5 Å². The average molecular weight is 255 g/mol. The van der Waals surface area contributed by atoms with Crippen LogP contribution in [0.2, 0.25) is 5.02 Å². The van der Waals surface area contributed by atoms with E-state index in [0.717, 1.165) is 36.0 Å². The summed E-state index contributed by atoms with van der Waals surface area (Å²) < 4.78 is 5.45. The molecule has 0 amide bonds. The zero-order valence-corrected chi connectivity index (χ0v) is 11.3. The van der Waals surface area contributed by atoms with Gasteiger partial charge in [0.25, 0.3) is 0 Å². The molecule has 0 aliphatic carbocycles. The third kappa shape index (κ3) is 2.28. The summed E-state index contributed by atoms with van der Waals surface area (Å²) in [6, 6.07) is 5.80. The Morgan fingerprint density at radius 1 is 1.47 bits per heavy atom. The van der Waals surface area contributed by atoms with E-state index in [1.54, 1.807) is 7.11 Å². The molecule has 1 unspecified atom stereocenters. The lowest BCUT2D eigenvalue weighted by atomic mass is 9.88. The number of nitrogens with zero attached hydrogens (tertiary/aromatic N) is 1. The number of nitrogens with one attached hydrogen (secondary N) is 1. The van der Waals surface area contributed by atoms with Crippen molar-refractivity contribution in [1.29, 1.82) is 0 Å². The number of ether oxygens (including phenoxy) is 1. The Morgan fingerprint density at radius 2 is 2.24 bits per heavy atom. The zero-order chi connectivity index (χ0) is 12.5. The third-order valence-electron chi connectivity index (χ3n) is 3.68. The van der Waals surface area contributed by atoms with Gasteiger partial charge in [0.15, 0.2) is 0 Å². The second-order valence-corrected chi connectivity index (χ2v) is 5.15. The molecule has 1 aliphatic heterocycles. The van der Waals surface area contributed by atoms with Crippen LogP contribution in [0, 0.1) is 0 Å². The Kier molecular flexibility index (Phi) is 3.61. The van der Waals surface area contributed by atoms with Gasteiger partial charge in [-0.3, -0.25) is 4.90 Å². The standard InChI is InChI=1S/C13H19ClN2O/c1-13(9-15-6-7-16(13)2)11-8-10(14)4-5-12(11)17-3/h4-5,8,15H,6-7,9H2,1-3H3. The molecule has 0 bridgehead atoms. The molecule has 94 valence electrons. The highest BCUT2D eigenvalue weighted by atomic mass is 35.5. The van der Waals surface area contributed by atoms with E-state index >= 15 is 0 Å². The van der Waals surface area contributed by atoms with Crippen LogP contribution in [0.4, 0.5) is 0 Å². The van der Waals surface area contributed by atoms with Gasteiger partial charge in [-0.25, -0.2) is 0 Å². The number of hydrogen-bond donors (Lipinski definition) is 1. The highest BCUT2D eigenvalue weighted by Gasteiger charge is 2.36. The monoisotopic (exact) mass is 254 g/mol. The lowest BCUT2D eigenvalue weighted by Crippen LogP contribution is -2.55. The summed E-state index contributed by atoms with van der Waals surface area (Å²) in [4.78, 5) is 2.34. The van der Waals surface area contributed by atoms with E-state index < -0.39 is 0 Å². The first-order valence-electron chi connectivity index (χ1n) is 5.84. The zero-order valence-electron chi connectivity index (χ0n) is 10.6. The van der Waals surface area contributed by atoms with E-state index in [9.17, 15) is 0 Å². The van der Waals surface area contributed by atoms with Crippen molar-refractivity contribution in [3.05, 3.63) is 28.8 Å². The van der Waals surface area contributed by atoms with Crippen LogP contribution < -0.4 is 10.1 Å². The molecule has 3 nitrogen and oxygen atoms in total. The van der Waals surface area contributed by atoms with Crippen molar-refractivity contribution in [3.63, 3.8) is 0 Å². The maximum atomic E-state index is 6.11. The van der Waals surface area contributed by atoms with Crippen molar-refractivity contribution >= 4 is 11.6 Å². The Hall–Kier alpha value is -0.770. The molecule has 4 heteroatoms. The van der Waals surface area contributed by atoms with Crippen molar-refractivity contribution in [1.82, 2.24) is 10.2 Å². The molecule has 1 saturated heterocycles. The van der Waals surface area contributed by atoms with E-state index in [1.165, 1.54) is 0 Å². The molecule has 1 aromatic carbocycles. The van der Waals surface area contributed by atoms with E-state index in [4.69, 9.17) is 16.3 Å². The van der Waals surface area contributed by atoms with Gasteiger partial charge in [-0.15, -0.1) is 0 Å². The minimum Gasteiger partial charge on any atom is -0.496 e. The number of methoxy groups -OCH3 is 1. The molecule has 1 N–H and O–H groups in total. The Labute approximate surface area is 108 Å². The number of benzene rings is 1. The predicted molar refractivity (Wildman–Crippen MR) is 70.9 cm³/mol. The Morgan fingerprint density at radius 3 is 2.88 bits per heavy atom. The lowest BCUT2D eigenvalue weighted by Gasteiger charge is -2.44. The van der Waals surface area contributed by atoms with E-state index in [1.807, 2.05) is 18.2 Å². The van der Waals surface area contributed by atoms with Crippen LogP contribution in [-0.4, -0.2) is 38.7 Å². The fourth-order valence-electron chi connectivity index (χ4n) is 2.36. The van der Waals surface area contributed by atoms with Crippen molar-refractivity contribution in [3.8, 4) is 5.75 Å². The highest BCUT2D eigenvalue weighted by Crippen LogP contribution is 2.36. The van der Waals surface area contributed by atoms with Crippen LogP contribution in [-0.2, 0) is 5.54 Å². The number of halogens is 1. The first-order chi connectivity index (χ1) is 8.08. The van der Waals surface area contributed by atoms with Gasteiger partial charge in [0.2, 0.25) is 0 Å². The summed E-state index contributed by atoms with van der Waals surface area (Å²) in [7, 11) is 3.84. The van der Waals surface area contributed by atoms with Gasteiger partial charge in [-0.05, 0) is 32.2 Å². The Bertz CT molecular complexity index is 410. The molecule has 0 spiro atoms. The predicted octanol–water partition coefficient (Wildman–Crippen LogP) is 2.10. The summed E-state index contributed by atoms with van der Waals surface area (Å²) in [5.74, 6) is 0.896. The van der Waals surface area contributed by atoms with Crippen LogP contribution in [0.15, 0.2) is 18.2 Å². The van der Waals surface area contributed by atoms with Crippen LogP contribution in [0.25, 0.3) is 0 Å². The number of likely N-dealkylation sites (N-methyl/N-ethyl adjacent to an activating group) is 1. The lowest BCUT2D eigenvalue weighted by molar-refractivity contribution is 0.101. The molecule has 0 saturated carbocycles. The van der Waals surface area contributed by atoms with Gasteiger partial charge in [0, 0.05) is 30.2 Å². The average Bonchev–Trinajstić information content (AvgIpc) is 2.33. The van der Waals surface area contributed by atoms with Crippen molar-refractivity contribution in [2.45, 2.75) is 12.5 Å². The molecule has 1 heterocycles. The maximum Gasteiger partial charge on any atom is 0.124 e. The molecule has 0 aromatic heterocycles.